The summed E-state index contributed by atoms with van der Waals surface area (Å²) in [6.07, 6.45) is 0. The van der Waals surface area contributed by atoms with Crippen LogP contribution in [0.5, 0.6) is 0 Å². The lowest BCUT2D eigenvalue weighted by atomic mass is 10.1. The summed E-state index contributed by atoms with van der Waals surface area (Å²) in [6.45, 7) is 27.1. The first-order chi connectivity index (χ1) is 15.5. The van der Waals surface area contributed by atoms with Crippen molar-refractivity contribution in [1.29, 1.82) is 0 Å². The van der Waals surface area contributed by atoms with Crippen molar-refractivity contribution < 1.29 is 4.58 Å². The molecule has 1 aromatic rings. The predicted octanol–water partition coefficient (Wildman–Crippen LogP) is 4.07. The van der Waals surface area contributed by atoms with Gasteiger partial charge in [-0.1, -0.05) is 24.3 Å². The Hall–Kier alpha value is -2.24. The highest BCUT2D eigenvalue weighted by atomic mass is 15.4. The van der Waals surface area contributed by atoms with Crippen molar-refractivity contribution in [3.05, 3.63) is 35.4 Å². The Morgan fingerprint density at radius 3 is 1.72 bits per heavy atom. The maximum Gasteiger partial charge on any atom is 0.348 e. The average molecular weight is 446 g/mol. The fourth-order valence-electron chi connectivity index (χ4n) is 4.06. The van der Waals surface area contributed by atoms with Gasteiger partial charge in [0.05, 0.1) is 39.3 Å². The number of rotatable bonds is 12. The van der Waals surface area contributed by atoms with Gasteiger partial charge in [-0.2, -0.15) is 0 Å². The molecule has 0 spiro atoms. The minimum Gasteiger partial charge on any atom is -0.343 e. The molecule has 0 saturated carbocycles. The van der Waals surface area contributed by atoms with Crippen molar-refractivity contribution in [1.82, 2.24) is 20.0 Å². The van der Waals surface area contributed by atoms with E-state index in [1.807, 2.05) is 0 Å². The summed E-state index contributed by atoms with van der Waals surface area (Å²) in [5.41, 5.74) is 2.55. The topological polar surface area (TPSA) is 37.1 Å². The Morgan fingerprint density at radius 1 is 0.750 bits per heavy atom. The van der Waals surface area contributed by atoms with Crippen LogP contribution in [0.4, 0.5) is 0 Å². The third kappa shape index (κ3) is 8.03. The van der Waals surface area contributed by atoms with Crippen LogP contribution >= 0.6 is 0 Å². The number of nitrogens with one attached hydrogen (secondary N) is 1. The van der Waals surface area contributed by atoms with E-state index in [-0.39, 0.29) is 0 Å². The number of hydrogen-bond acceptors (Lipinski definition) is 1. The Bertz CT molecular complexity index is 680. The number of aliphatic imine (C=N–C) groups is 1. The summed E-state index contributed by atoms with van der Waals surface area (Å²) in [5.74, 6) is 2.34. The van der Waals surface area contributed by atoms with E-state index >= 15 is 0 Å². The first-order valence-electron chi connectivity index (χ1n) is 12.8. The number of guanidine groups is 2. The van der Waals surface area contributed by atoms with E-state index in [4.69, 9.17) is 4.99 Å². The molecule has 0 saturated heterocycles. The molecule has 1 rings (SSSR count). The molecule has 0 atom stereocenters. The smallest absolute Gasteiger partial charge is 0.343 e. The van der Waals surface area contributed by atoms with Crippen LogP contribution < -0.4 is 5.32 Å². The summed E-state index contributed by atoms with van der Waals surface area (Å²) in [7, 11) is 0. The van der Waals surface area contributed by atoms with Gasteiger partial charge in [0.1, 0.15) is 0 Å². The molecule has 1 aromatic carbocycles. The van der Waals surface area contributed by atoms with Gasteiger partial charge in [0, 0.05) is 26.2 Å². The van der Waals surface area contributed by atoms with Gasteiger partial charge in [-0.25, -0.2) is 4.99 Å². The number of nitrogens with zero attached hydrogens (tertiary/aromatic N) is 5. The van der Waals surface area contributed by atoms with Crippen molar-refractivity contribution >= 4 is 11.9 Å². The Labute approximate surface area is 198 Å². The Kier molecular flexibility index (Phi) is 13.5. The van der Waals surface area contributed by atoms with E-state index in [2.05, 4.69) is 104 Å². The molecule has 0 aliphatic rings. The zero-order valence-electron chi connectivity index (χ0n) is 22.1. The van der Waals surface area contributed by atoms with Gasteiger partial charge in [0.15, 0.2) is 5.96 Å². The summed E-state index contributed by atoms with van der Waals surface area (Å²) >= 11 is 0. The fraction of sp³-hybridized carbons (Fsp3) is 0.692. The van der Waals surface area contributed by atoms with Gasteiger partial charge in [-0.3, -0.25) is 14.8 Å². The van der Waals surface area contributed by atoms with Crippen LogP contribution in [0, 0.1) is 0 Å². The Morgan fingerprint density at radius 2 is 1.25 bits per heavy atom. The van der Waals surface area contributed by atoms with Crippen LogP contribution in [0.1, 0.15) is 66.5 Å². The minimum atomic E-state index is 0.707. The van der Waals surface area contributed by atoms with E-state index in [0.717, 1.165) is 64.9 Å². The largest absolute Gasteiger partial charge is 0.348 e. The SMILES string of the molecule is CCN(CC)C(=NCc1cccc(CNC(N(CC)CC)=[N+](CC)CC)c1)N(CC)CC. The van der Waals surface area contributed by atoms with E-state index in [0.29, 0.717) is 6.54 Å². The quantitative estimate of drug-likeness (QED) is 0.299. The second kappa shape index (κ2) is 15.5. The molecule has 6 nitrogen and oxygen atoms in total. The summed E-state index contributed by atoms with van der Waals surface area (Å²) < 4.78 is 2.40. The first-order valence-corrected chi connectivity index (χ1v) is 12.8. The van der Waals surface area contributed by atoms with E-state index in [9.17, 15) is 0 Å². The van der Waals surface area contributed by atoms with Crippen LogP contribution in [-0.4, -0.2) is 83.6 Å². The molecule has 0 amide bonds. The second-order valence-electron chi connectivity index (χ2n) is 7.80. The van der Waals surface area contributed by atoms with Crippen molar-refractivity contribution in [3.8, 4) is 0 Å². The van der Waals surface area contributed by atoms with Crippen LogP contribution in [0.2, 0.25) is 0 Å². The molecule has 0 aliphatic heterocycles. The van der Waals surface area contributed by atoms with Gasteiger partial charge in [0.2, 0.25) is 0 Å². The standard InChI is InChI=1S/C26H48N6/c1-9-29(10-2)25(30(11-3)12-4)27-21-23-18-17-19-24(20-23)22-28-26(31(13-5)14-6)32(15-7)16-8/h17-20H,9-16,21-22H2,1-8H3/p+1. The van der Waals surface area contributed by atoms with Crippen LogP contribution in [-0.2, 0) is 13.1 Å². The Balaban J connectivity index is 3.05. The summed E-state index contributed by atoms with van der Waals surface area (Å²) in [6, 6.07) is 8.85. The molecule has 0 heterocycles. The summed E-state index contributed by atoms with van der Waals surface area (Å²) in [4.78, 5) is 12.2. The van der Waals surface area contributed by atoms with Crippen LogP contribution in [0.25, 0.3) is 0 Å². The van der Waals surface area contributed by atoms with Gasteiger partial charge < -0.3 is 9.80 Å². The molecule has 0 bridgehead atoms. The lowest BCUT2D eigenvalue weighted by molar-refractivity contribution is -0.527. The van der Waals surface area contributed by atoms with Gasteiger partial charge in [0.25, 0.3) is 0 Å². The number of hydrogen-bond donors (Lipinski definition) is 1. The molecule has 182 valence electrons. The molecule has 32 heavy (non-hydrogen) atoms. The average Bonchev–Trinajstić information content (AvgIpc) is 2.83. The van der Waals surface area contributed by atoms with Crippen molar-refractivity contribution in [2.45, 2.75) is 68.5 Å². The summed E-state index contributed by atoms with van der Waals surface area (Å²) in [5, 5.41) is 3.72. The van der Waals surface area contributed by atoms with Crippen molar-refractivity contribution in [3.63, 3.8) is 0 Å². The maximum absolute atomic E-state index is 5.05. The molecule has 0 radical (unpaired) electrons. The second-order valence-corrected chi connectivity index (χ2v) is 7.80. The van der Waals surface area contributed by atoms with E-state index in [1.165, 1.54) is 17.1 Å². The number of benzene rings is 1. The lowest BCUT2D eigenvalue weighted by Gasteiger charge is -2.32. The molecular formula is C26H49N6+. The third-order valence-electron chi connectivity index (χ3n) is 6.06. The van der Waals surface area contributed by atoms with Gasteiger partial charge >= 0.3 is 5.96 Å². The van der Waals surface area contributed by atoms with Gasteiger partial charge in [-0.15, -0.1) is 0 Å². The zero-order valence-corrected chi connectivity index (χ0v) is 22.1. The van der Waals surface area contributed by atoms with Crippen molar-refractivity contribution in [2.75, 3.05) is 52.4 Å². The van der Waals surface area contributed by atoms with Crippen molar-refractivity contribution in [2.24, 2.45) is 4.99 Å². The lowest BCUT2D eigenvalue weighted by Crippen LogP contribution is -2.47. The molecule has 1 N–H and O–H groups in total. The highest BCUT2D eigenvalue weighted by Gasteiger charge is 2.18. The maximum atomic E-state index is 5.05. The molecule has 0 aliphatic carbocycles. The molecule has 6 heteroatoms. The molecule has 0 unspecified atom stereocenters. The zero-order chi connectivity index (χ0) is 23.9. The first kappa shape index (κ1) is 27.8. The normalized spacial score (nSPS) is 10.5. The molecular weight excluding hydrogens is 396 g/mol. The van der Waals surface area contributed by atoms with Crippen LogP contribution in [0.3, 0.4) is 0 Å². The minimum absolute atomic E-state index is 0.707. The monoisotopic (exact) mass is 445 g/mol. The third-order valence-corrected chi connectivity index (χ3v) is 6.06. The predicted molar refractivity (Wildman–Crippen MR) is 140 cm³/mol. The van der Waals surface area contributed by atoms with E-state index in [1.54, 1.807) is 0 Å². The highest BCUT2D eigenvalue weighted by molar-refractivity contribution is 5.80. The molecule has 0 aromatic heterocycles. The van der Waals surface area contributed by atoms with Crippen LogP contribution in [0.15, 0.2) is 29.3 Å². The van der Waals surface area contributed by atoms with E-state index < -0.39 is 0 Å². The fourth-order valence-corrected chi connectivity index (χ4v) is 4.06. The van der Waals surface area contributed by atoms with Gasteiger partial charge in [-0.05, 0) is 66.5 Å². The molecule has 0 fully saturated rings. The highest BCUT2D eigenvalue weighted by Crippen LogP contribution is 2.09.